The van der Waals surface area contributed by atoms with Crippen molar-refractivity contribution in [3.8, 4) is 46.3 Å². The van der Waals surface area contributed by atoms with E-state index in [2.05, 4.69) is 106 Å². The summed E-state index contributed by atoms with van der Waals surface area (Å²) in [5, 5.41) is 66.1. The van der Waals surface area contributed by atoms with Gasteiger partial charge in [0.15, 0.2) is 11.5 Å². The van der Waals surface area contributed by atoms with Crippen LogP contribution in [0.5, 0.6) is 34.5 Å². The number of methoxy groups -OCH3 is 1. The van der Waals surface area contributed by atoms with Crippen LogP contribution in [-0.2, 0) is 44.8 Å². The zero-order valence-electron chi connectivity index (χ0n) is 58.1. The quantitative estimate of drug-likeness (QED) is 0.0558. The maximum Gasteiger partial charge on any atom is 0.302 e. The van der Waals surface area contributed by atoms with Crippen LogP contribution in [0.3, 0.4) is 0 Å². The fourth-order valence-electron chi connectivity index (χ4n) is 21.2. The number of aliphatic hydroxyl groups is 2. The minimum atomic E-state index is -0.838. The molecular weight excluding hydrogens is 1250 g/mol. The number of allylic oxidation sites excluding steroid dienone is 6. The van der Waals surface area contributed by atoms with Crippen LogP contribution in [0.15, 0.2) is 127 Å². The van der Waals surface area contributed by atoms with Crippen molar-refractivity contribution in [2.75, 3.05) is 31.7 Å². The molecule has 19 rings (SSSR count). The first kappa shape index (κ1) is 66.1. The lowest BCUT2D eigenvalue weighted by molar-refractivity contribution is -0.148. The number of aromatic nitrogens is 2. The third kappa shape index (κ3) is 11.9. The van der Waals surface area contributed by atoms with Crippen LogP contribution in [0.4, 0.5) is 5.69 Å². The first-order chi connectivity index (χ1) is 48.5. The van der Waals surface area contributed by atoms with E-state index in [9.17, 15) is 35.1 Å². The molecular formula is C85H96N4O11. The number of benzene rings is 4. The normalized spacial score (nSPS) is 30.1. The van der Waals surface area contributed by atoms with Crippen molar-refractivity contribution >= 4 is 34.0 Å². The maximum atomic E-state index is 16.0. The molecule has 100 heavy (non-hydrogen) atoms. The van der Waals surface area contributed by atoms with Gasteiger partial charge in [-0.05, 0) is 219 Å². The van der Waals surface area contributed by atoms with Crippen LogP contribution in [-0.4, -0.2) is 85.5 Å². The molecule has 3 saturated carbocycles. The topological polar surface area (TPSA) is 216 Å². The lowest BCUT2D eigenvalue weighted by Crippen LogP contribution is -2.37. The number of ketones is 2. The van der Waals surface area contributed by atoms with E-state index in [4.69, 9.17) is 14.2 Å². The van der Waals surface area contributed by atoms with E-state index < -0.39 is 35.0 Å². The second-order valence-electron chi connectivity index (χ2n) is 31.8. The van der Waals surface area contributed by atoms with Crippen molar-refractivity contribution < 1.29 is 54.1 Å². The number of Topliss-reactive ketones (excluding diaryl/α,β-unsaturated/α-hetero) is 2. The molecule has 4 aromatic carbocycles. The molecule has 12 unspecified atom stereocenters. The van der Waals surface area contributed by atoms with E-state index in [0.717, 1.165) is 150 Å². The zero-order valence-corrected chi connectivity index (χ0v) is 58.1. The highest BCUT2D eigenvalue weighted by molar-refractivity contribution is 6.01. The van der Waals surface area contributed by atoms with E-state index in [1.807, 2.05) is 24.3 Å². The van der Waals surface area contributed by atoms with Crippen molar-refractivity contribution in [3.05, 3.63) is 171 Å². The zero-order chi connectivity index (χ0) is 68.8. The van der Waals surface area contributed by atoms with Crippen molar-refractivity contribution in [2.45, 2.75) is 192 Å². The number of hydrogen-bond acceptors (Lipinski definition) is 13. The fraction of sp³-hybridized carbons (Fsp3) is 0.494. The maximum absolute atomic E-state index is 16.0. The Morgan fingerprint density at radius 1 is 0.880 bits per heavy atom. The lowest BCUT2D eigenvalue weighted by Gasteiger charge is -2.43. The Hall–Kier alpha value is -8.45. The third-order valence-electron chi connectivity index (χ3n) is 26.1. The Morgan fingerprint density at radius 2 is 1.75 bits per heavy atom. The van der Waals surface area contributed by atoms with E-state index in [-0.39, 0.29) is 107 Å². The Kier molecular flexibility index (Phi) is 17.5. The van der Waals surface area contributed by atoms with E-state index >= 15 is 4.79 Å². The first-order valence-electron chi connectivity index (χ1n) is 37.3. The van der Waals surface area contributed by atoms with Crippen molar-refractivity contribution in [1.29, 1.82) is 0 Å². The Labute approximate surface area is 586 Å². The average Bonchev–Trinajstić information content (AvgIpc) is 1.53. The predicted molar refractivity (Wildman–Crippen MR) is 384 cm³/mol. The summed E-state index contributed by atoms with van der Waals surface area (Å²) in [6.45, 7) is 4.53. The molecule has 522 valence electrons. The van der Waals surface area contributed by atoms with Gasteiger partial charge in [-0.3, -0.25) is 14.4 Å². The molecule has 3 fully saturated rings. The molecule has 6 aliphatic heterocycles. The molecule has 3 spiro atoms. The first-order valence-corrected chi connectivity index (χ1v) is 37.3. The Morgan fingerprint density at radius 3 is 2.58 bits per heavy atom. The molecule has 15 heteroatoms. The van der Waals surface area contributed by atoms with Gasteiger partial charge in [0.05, 0.1) is 30.9 Å². The third-order valence-corrected chi connectivity index (χ3v) is 26.1. The number of anilines is 1. The van der Waals surface area contributed by atoms with Gasteiger partial charge in [0.1, 0.15) is 40.7 Å². The number of nitrogens with zero attached hydrogens (tertiary/aromatic N) is 2. The molecule has 0 amide bonds. The molecule has 7 N–H and O–H groups in total. The van der Waals surface area contributed by atoms with Gasteiger partial charge in [0.2, 0.25) is 5.75 Å². The molecule has 0 radical (unpaired) electrons. The molecule has 7 aliphatic carbocycles. The number of aromatic amines is 1. The van der Waals surface area contributed by atoms with E-state index in [1.54, 1.807) is 18.2 Å². The van der Waals surface area contributed by atoms with Gasteiger partial charge in [-0.15, -0.1) is 0 Å². The molecule has 6 aromatic rings. The second-order valence-corrected chi connectivity index (χ2v) is 31.8. The van der Waals surface area contributed by atoms with Crippen LogP contribution in [0.1, 0.15) is 204 Å². The van der Waals surface area contributed by atoms with Gasteiger partial charge in [-0.1, -0.05) is 86.1 Å². The summed E-state index contributed by atoms with van der Waals surface area (Å²) in [6.07, 6.45) is 32.2. The number of aliphatic hydroxyl groups excluding tert-OH is 2. The average molecular weight is 1350 g/mol. The number of nitrogens with one attached hydrogen (secondary N) is 2. The van der Waals surface area contributed by atoms with Crippen LogP contribution < -0.4 is 19.7 Å². The van der Waals surface area contributed by atoms with E-state index in [1.165, 1.54) is 19.6 Å². The summed E-state index contributed by atoms with van der Waals surface area (Å²) in [5.41, 5.74) is 9.22. The Balaban J connectivity index is 0.926. The van der Waals surface area contributed by atoms with Gasteiger partial charge in [0, 0.05) is 116 Å². The van der Waals surface area contributed by atoms with Gasteiger partial charge in [0.25, 0.3) is 0 Å². The highest BCUT2D eigenvalue weighted by Gasteiger charge is 2.57. The van der Waals surface area contributed by atoms with Crippen molar-refractivity contribution in [1.82, 2.24) is 14.9 Å². The number of hydrogen-bond donors (Lipinski definition) is 7. The number of fused-ring (bicyclic) bond motifs is 1. The number of H-pyrrole nitrogens is 1. The molecule has 16 bridgehead atoms. The summed E-state index contributed by atoms with van der Waals surface area (Å²) in [4.78, 5) is 50.2. The summed E-state index contributed by atoms with van der Waals surface area (Å²) in [7, 11) is 1.53. The number of dihydropyridines is 1. The molecule has 2 aromatic heterocycles. The van der Waals surface area contributed by atoms with Gasteiger partial charge in [-0.2, -0.15) is 0 Å². The number of aromatic hydroxyl groups is 3. The number of carbonyl (C=O) groups excluding carboxylic acids is 3. The molecule has 13 aliphatic rings. The largest absolute Gasteiger partial charge is 0.508 e. The smallest absolute Gasteiger partial charge is 0.302 e. The number of ether oxygens (including phenoxy) is 3. The van der Waals surface area contributed by atoms with E-state index in [0.29, 0.717) is 75.3 Å². The highest BCUT2D eigenvalue weighted by Crippen LogP contribution is 2.67. The summed E-state index contributed by atoms with van der Waals surface area (Å²) >= 11 is 0. The molecule has 8 heterocycles. The van der Waals surface area contributed by atoms with Crippen LogP contribution in [0.2, 0.25) is 0 Å². The minimum absolute atomic E-state index is 0.0256. The Bertz CT molecular complexity index is 4440. The number of phenols is 3. The summed E-state index contributed by atoms with van der Waals surface area (Å²) in [6, 6.07) is 18.0. The number of phenolic OH excluding ortho intramolecular Hbond substituents is 3. The van der Waals surface area contributed by atoms with Crippen LogP contribution in [0.25, 0.3) is 10.8 Å². The molecule has 12 atom stereocenters. The van der Waals surface area contributed by atoms with Crippen LogP contribution >= 0.6 is 0 Å². The van der Waals surface area contributed by atoms with Gasteiger partial charge in [-0.25, -0.2) is 0 Å². The van der Waals surface area contributed by atoms with Crippen molar-refractivity contribution in [3.63, 3.8) is 0 Å². The van der Waals surface area contributed by atoms with Gasteiger partial charge >= 0.3 is 5.97 Å². The van der Waals surface area contributed by atoms with Gasteiger partial charge < -0.3 is 59.5 Å². The minimum Gasteiger partial charge on any atom is -0.508 e. The standard InChI is InChI=1S/C85H96N4O11/c1-50-10-7-14-61-15-9-17-67-69-46-86-45-60(69)43-85(50,61)27-23-65(99-51(2)91)39-64(94)40-72-58-36-75(96)81(77(37-58)98-3)100-76-41-63(93)35-57-33-54(18-19-66(57)76)59(48-90)32-52-22-26-83(42-52)28-29-84(49-83)44-73-80-68(82(84)97)20-21-71(70(80)47-89(72)73)88(31-25-74(95)53-11-5-4-6-12-53)78-38-56(24-30-87-78)79(67)55-13-8-16-62(92)34-55/h7-8,10,13-14,16,20-21,24,34-38,41,45-47,50,52-54,59,65,67,72,79,82,86-87,90,92-93,96-97H,4-6,11-12,15,18-19,22-23,25-33,39-40,42-44,48-49H2,1-3H3. The molecule has 0 saturated heterocycles. The predicted octanol–water partition coefficient (Wildman–Crippen LogP) is 15.6. The summed E-state index contributed by atoms with van der Waals surface area (Å²) < 4.78 is 21.7. The second kappa shape index (κ2) is 26.5. The molecule has 15 nitrogen and oxygen atoms in total. The van der Waals surface area contributed by atoms with Crippen LogP contribution in [0, 0.1) is 57.7 Å². The SMILES string of the molecule is COc1cc2cc(O)c1Oc1cc(O)cc3c1CCC(C3)C(CO)CC1CCC3(CCC4(Cc5c6c(ccc7c6cn5C2CC(=O)CC(OC(C)=O)CCC25Cc6c[nH]cc6C(C#CCC2=CC=CC5C)C(c2cccc(O)c2)C2=CCNC(=C2)N7CCC(=O)C2CCCCC2)C4O)C3)C1. The highest BCUT2D eigenvalue weighted by atomic mass is 16.5. The fourth-order valence-corrected chi connectivity index (χ4v) is 21.2. The number of esters is 1. The number of carbonyl (C=O) groups is 3. The van der Waals surface area contributed by atoms with Crippen molar-refractivity contribution in [2.24, 2.45) is 45.8 Å². The number of rotatable bonds is 8. The lowest BCUT2D eigenvalue weighted by atomic mass is 9.61. The monoisotopic (exact) mass is 1350 g/mol. The summed E-state index contributed by atoms with van der Waals surface area (Å²) in [5.74, 6) is 8.57.